The fraction of sp³-hybridized carbons (Fsp3) is 0.385. The molecule has 0 amide bonds. The third kappa shape index (κ3) is 5.19. The zero-order valence-corrected chi connectivity index (χ0v) is 11.2. The monoisotopic (exact) mass is 271 g/mol. The van der Waals surface area contributed by atoms with Crippen molar-refractivity contribution in [3.8, 4) is 0 Å². The lowest BCUT2D eigenvalue weighted by molar-refractivity contribution is -0.140. The minimum atomic E-state index is -0.239. The molecule has 18 heavy (non-hydrogen) atoms. The number of anilines is 1. The van der Waals surface area contributed by atoms with E-state index in [1.807, 2.05) is 0 Å². The number of hydrogen-bond acceptors (Lipinski definition) is 4. The average Bonchev–Trinajstić information content (AvgIpc) is 2.34. The molecule has 0 saturated carbocycles. The van der Waals surface area contributed by atoms with Crippen molar-refractivity contribution < 1.29 is 14.3 Å². The number of ketones is 1. The van der Waals surface area contributed by atoms with Gasteiger partial charge in [0.15, 0.2) is 5.78 Å². The SMILES string of the molecule is COC(=O)CCCCC(=O)c1ccccc1N.Cl. The number of carbonyl (C=O) groups excluding carboxylic acids is 2. The first-order valence-electron chi connectivity index (χ1n) is 5.59. The van der Waals surface area contributed by atoms with E-state index < -0.39 is 0 Å². The van der Waals surface area contributed by atoms with Crippen molar-refractivity contribution in [3.63, 3.8) is 0 Å². The number of unbranched alkanes of at least 4 members (excludes halogenated alkanes) is 1. The van der Waals surface area contributed by atoms with Crippen LogP contribution in [0.1, 0.15) is 36.0 Å². The number of hydrogen-bond donors (Lipinski definition) is 1. The van der Waals surface area contributed by atoms with E-state index in [9.17, 15) is 9.59 Å². The fourth-order valence-corrected chi connectivity index (χ4v) is 1.54. The van der Waals surface area contributed by atoms with Crippen molar-refractivity contribution in [2.24, 2.45) is 0 Å². The first-order valence-corrected chi connectivity index (χ1v) is 5.59. The van der Waals surface area contributed by atoms with Gasteiger partial charge in [-0.1, -0.05) is 12.1 Å². The van der Waals surface area contributed by atoms with Gasteiger partial charge in [0.05, 0.1) is 7.11 Å². The number of ether oxygens (including phenoxy) is 1. The fourth-order valence-electron chi connectivity index (χ4n) is 1.54. The first-order chi connectivity index (χ1) is 8.15. The van der Waals surface area contributed by atoms with Crippen LogP contribution in [0, 0.1) is 0 Å². The lowest BCUT2D eigenvalue weighted by Gasteiger charge is -2.04. The summed E-state index contributed by atoms with van der Waals surface area (Å²) in [6, 6.07) is 7.01. The number of esters is 1. The number of Topliss-reactive ketones (excluding diaryl/α,β-unsaturated/α-hetero) is 1. The maximum Gasteiger partial charge on any atom is 0.305 e. The standard InChI is InChI=1S/C13H17NO3.ClH/c1-17-13(16)9-5-4-8-12(15)10-6-2-3-7-11(10)14;/h2-3,6-7H,4-5,8-9,14H2,1H3;1H. The van der Waals surface area contributed by atoms with Gasteiger partial charge < -0.3 is 10.5 Å². The lowest BCUT2D eigenvalue weighted by Crippen LogP contribution is -2.04. The normalized spacial score (nSPS) is 9.39. The van der Waals surface area contributed by atoms with Crippen LogP contribution >= 0.6 is 12.4 Å². The highest BCUT2D eigenvalue weighted by Gasteiger charge is 2.09. The van der Waals surface area contributed by atoms with E-state index in [0.29, 0.717) is 36.9 Å². The highest BCUT2D eigenvalue weighted by atomic mass is 35.5. The second kappa shape index (κ2) is 8.53. The molecule has 0 aliphatic heterocycles. The Hall–Kier alpha value is -1.55. The van der Waals surface area contributed by atoms with Crippen LogP contribution in [0.3, 0.4) is 0 Å². The summed E-state index contributed by atoms with van der Waals surface area (Å²) in [7, 11) is 1.36. The van der Waals surface area contributed by atoms with Gasteiger partial charge in [-0.2, -0.15) is 0 Å². The Morgan fingerprint density at radius 3 is 2.39 bits per heavy atom. The Morgan fingerprint density at radius 2 is 1.78 bits per heavy atom. The number of nitrogens with two attached hydrogens (primary N) is 1. The molecule has 4 nitrogen and oxygen atoms in total. The predicted molar refractivity (Wildman–Crippen MR) is 72.9 cm³/mol. The van der Waals surface area contributed by atoms with Gasteiger partial charge in [-0.3, -0.25) is 9.59 Å². The van der Waals surface area contributed by atoms with E-state index >= 15 is 0 Å². The molecule has 1 rings (SSSR count). The number of carbonyl (C=O) groups is 2. The molecule has 0 unspecified atom stereocenters. The summed E-state index contributed by atoms with van der Waals surface area (Å²) in [4.78, 5) is 22.6. The van der Waals surface area contributed by atoms with Crippen LogP contribution in [0.5, 0.6) is 0 Å². The van der Waals surface area contributed by atoms with Crippen LogP contribution in [0.15, 0.2) is 24.3 Å². The maximum atomic E-state index is 11.8. The van der Waals surface area contributed by atoms with E-state index in [1.54, 1.807) is 24.3 Å². The summed E-state index contributed by atoms with van der Waals surface area (Å²) in [5.74, 6) is -0.218. The van der Waals surface area contributed by atoms with Crippen LogP contribution in [-0.4, -0.2) is 18.9 Å². The Labute approximate surface area is 113 Å². The molecule has 100 valence electrons. The number of methoxy groups -OCH3 is 1. The van der Waals surface area contributed by atoms with Crippen molar-refractivity contribution in [2.75, 3.05) is 12.8 Å². The molecular formula is C13H18ClNO3. The highest BCUT2D eigenvalue weighted by molar-refractivity contribution is 6.00. The zero-order valence-electron chi connectivity index (χ0n) is 10.3. The summed E-state index contributed by atoms with van der Waals surface area (Å²) in [6.07, 6.45) is 2.09. The molecule has 1 aromatic rings. The van der Waals surface area contributed by atoms with Crippen LogP contribution in [0.2, 0.25) is 0 Å². The quantitative estimate of drug-likeness (QED) is 0.374. The number of nitrogen functional groups attached to an aromatic ring is 1. The summed E-state index contributed by atoms with van der Waals surface area (Å²) >= 11 is 0. The molecule has 5 heteroatoms. The molecule has 0 bridgehead atoms. The molecule has 0 heterocycles. The molecule has 0 aliphatic rings. The van der Waals surface area contributed by atoms with Crippen LogP contribution in [0.4, 0.5) is 5.69 Å². The Balaban J connectivity index is 0.00000289. The van der Waals surface area contributed by atoms with Gasteiger partial charge in [-0.05, 0) is 25.0 Å². The van der Waals surface area contributed by atoms with Crippen LogP contribution in [-0.2, 0) is 9.53 Å². The minimum Gasteiger partial charge on any atom is -0.469 e. The van der Waals surface area contributed by atoms with Crippen molar-refractivity contribution >= 4 is 29.8 Å². The summed E-state index contributed by atoms with van der Waals surface area (Å²) in [5, 5.41) is 0. The van der Waals surface area contributed by atoms with Gasteiger partial charge >= 0.3 is 5.97 Å². The maximum absolute atomic E-state index is 11.8. The largest absolute Gasteiger partial charge is 0.469 e. The lowest BCUT2D eigenvalue weighted by atomic mass is 10.0. The molecule has 0 radical (unpaired) electrons. The van der Waals surface area contributed by atoms with Crippen molar-refractivity contribution in [2.45, 2.75) is 25.7 Å². The third-order valence-electron chi connectivity index (χ3n) is 2.52. The zero-order chi connectivity index (χ0) is 12.7. The highest BCUT2D eigenvalue weighted by Crippen LogP contribution is 2.14. The average molecular weight is 272 g/mol. The Bertz CT molecular complexity index is 407. The number of rotatable bonds is 6. The molecule has 0 fully saturated rings. The summed E-state index contributed by atoms with van der Waals surface area (Å²) in [5.41, 5.74) is 6.77. The van der Waals surface area contributed by atoms with Gasteiger partial charge in [0.1, 0.15) is 0 Å². The van der Waals surface area contributed by atoms with Gasteiger partial charge in [0.25, 0.3) is 0 Å². The second-order valence-corrected chi connectivity index (χ2v) is 3.79. The molecule has 2 N–H and O–H groups in total. The molecule has 0 spiro atoms. The van der Waals surface area contributed by atoms with Crippen molar-refractivity contribution in [1.82, 2.24) is 0 Å². The van der Waals surface area contributed by atoms with Crippen LogP contribution < -0.4 is 5.73 Å². The molecular weight excluding hydrogens is 254 g/mol. The van der Waals surface area contributed by atoms with Gasteiger partial charge in [0.2, 0.25) is 0 Å². The molecule has 1 aromatic carbocycles. The van der Waals surface area contributed by atoms with E-state index in [1.165, 1.54) is 7.11 Å². The summed E-state index contributed by atoms with van der Waals surface area (Å²) in [6.45, 7) is 0. The molecule has 0 aliphatic carbocycles. The van der Waals surface area contributed by atoms with E-state index in [-0.39, 0.29) is 24.2 Å². The Kier molecular flexibility index (Phi) is 7.79. The first kappa shape index (κ1) is 16.4. The molecule has 0 saturated heterocycles. The van der Waals surface area contributed by atoms with Gasteiger partial charge in [0, 0.05) is 24.1 Å². The minimum absolute atomic E-state index is 0. The van der Waals surface area contributed by atoms with Crippen LogP contribution in [0.25, 0.3) is 0 Å². The van der Waals surface area contributed by atoms with Gasteiger partial charge in [-0.15, -0.1) is 12.4 Å². The van der Waals surface area contributed by atoms with Crippen molar-refractivity contribution in [1.29, 1.82) is 0 Å². The third-order valence-corrected chi connectivity index (χ3v) is 2.52. The van der Waals surface area contributed by atoms with Gasteiger partial charge in [-0.25, -0.2) is 0 Å². The topological polar surface area (TPSA) is 69.4 Å². The number of halogens is 1. The molecule has 0 aromatic heterocycles. The molecule has 0 atom stereocenters. The van der Waals surface area contributed by atoms with E-state index in [2.05, 4.69) is 4.74 Å². The predicted octanol–water partition coefficient (Wildman–Crippen LogP) is 2.61. The number of para-hydroxylation sites is 1. The Morgan fingerprint density at radius 1 is 1.17 bits per heavy atom. The van der Waals surface area contributed by atoms with Crippen molar-refractivity contribution in [3.05, 3.63) is 29.8 Å². The smallest absolute Gasteiger partial charge is 0.305 e. The summed E-state index contributed by atoms with van der Waals surface area (Å²) < 4.78 is 4.52. The van der Waals surface area contributed by atoms with E-state index in [4.69, 9.17) is 5.73 Å². The van der Waals surface area contributed by atoms with E-state index in [0.717, 1.165) is 0 Å². The second-order valence-electron chi connectivity index (χ2n) is 3.79. The number of benzene rings is 1.